The van der Waals surface area contributed by atoms with Crippen LogP contribution in [-0.2, 0) is 34.0 Å². The molecule has 3 atom stereocenters. The van der Waals surface area contributed by atoms with Gasteiger partial charge in [0.2, 0.25) is 17.7 Å². The fraction of sp³-hybridized carbons (Fsp3) is 0.436. The molecule has 2 saturated heterocycles. The van der Waals surface area contributed by atoms with Gasteiger partial charge in [-0.05, 0) is 116 Å². The van der Waals surface area contributed by atoms with Crippen molar-refractivity contribution in [1.82, 2.24) is 45.4 Å². The van der Waals surface area contributed by atoms with Crippen molar-refractivity contribution < 1.29 is 24.6 Å². The summed E-state index contributed by atoms with van der Waals surface area (Å²) in [7, 11) is 0. The molecule has 6 aromatic rings. The molecule has 6 N–H and O–H groups in total. The summed E-state index contributed by atoms with van der Waals surface area (Å²) in [5.74, 6) is 0.316. The molecular formula is C55H66N10O5S. The summed E-state index contributed by atoms with van der Waals surface area (Å²) in [6.07, 6.45) is 8.52. The van der Waals surface area contributed by atoms with Crippen LogP contribution in [0, 0.1) is 24.2 Å². The molecule has 1 aliphatic carbocycles. The number of aromatic nitrogens is 5. The molecule has 5 heterocycles. The van der Waals surface area contributed by atoms with Crippen LogP contribution in [0.15, 0.2) is 96.8 Å². The number of para-hydroxylation sites is 1. The molecule has 3 aromatic heterocycles. The smallest absolute Gasteiger partial charge is 0.246 e. The minimum atomic E-state index is -0.858. The maximum atomic E-state index is 14.3. The van der Waals surface area contributed by atoms with Crippen molar-refractivity contribution in [3.05, 3.63) is 119 Å². The number of nitrogens with one attached hydrogen (secondary N) is 2. The van der Waals surface area contributed by atoms with Gasteiger partial charge in [0, 0.05) is 61.4 Å². The minimum absolute atomic E-state index is 0.0359. The summed E-state index contributed by atoms with van der Waals surface area (Å²) in [5, 5.41) is 40.2. The molecule has 0 radical (unpaired) electrons. The highest BCUT2D eigenvalue weighted by molar-refractivity contribution is 7.13. The molecule has 1 saturated carbocycles. The Morgan fingerprint density at radius 2 is 1.59 bits per heavy atom. The van der Waals surface area contributed by atoms with E-state index in [-0.39, 0.29) is 48.9 Å². The van der Waals surface area contributed by atoms with Crippen molar-refractivity contribution >= 4 is 34.9 Å². The Labute approximate surface area is 419 Å². The Kier molecular flexibility index (Phi) is 15.0. The molecule has 0 unspecified atom stereocenters. The van der Waals surface area contributed by atoms with E-state index in [1.165, 1.54) is 16.0 Å². The van der Waals surface area contributed by atoms with Crippen molar-refractivity contribution in [3.63, 3.8) is 0 Å². The second-order valence-corrected chi connectivity index (χ2v) is 21.7. The van der Waals surface area contributed by atoms with Crippen LogP contribution in [0.2, 0.25) is 0 Å². The zero-order chi connectivity index (χ0) is 49.8. The quantitative estimate of drug-likeness (QED) is 0.0715. The number of thiazole rings is 1. The van der Waals surface area contributed by atoms with E-state index in [1.54, 1.807) is 29.5 Å². The van der Waals surface area contributed by atoms with Crippen LogP contribution in [-0.4, -0.2) is 101 Å². The van der Waals surface area contributed by atoms with Gasteiger partial charge >= 0.3 is 0 Å². The lowest BCUT2D eigenvalue weighted by Crippen LogP contribution is -2.58. The van der Waals surface area contributed by atoms with Crippen LogP contribution < -0.4 is 16.4 Å². The van der Waals surface area contributed by atoms with Crippen LogP contribution in [0.3, 0.4) is 0 Å². The van der Waals surface area contributed by atoms with Gasteiger partial charge < -0.3 is 31.5 Å². The predicted molar refractivity (Wildman–Crippen MR) is 276 cm³/mol. The van der Waals surface area contributed by atoms with Crippen LogP contribution in [0.25, 0.3) is 32.8 Å². The number of phenolic OH excluding ortho intramolecular Hbond substituents is 1. The number of amides is 3. The van der Waals surface area contributed by atoms with Crippen molar-refractivity contribution in [2.24, 2.45) is 17.3 Å². The number of likely N-dealkylation sites (tertiary alicyclic amines) is 2. The number of aliphatic hydroxyl groups excluding tert-OH is 1. The zero-order valence-corrected chi connectivity index (χ0v) is 41.9. The second-order valence-electron chi connectivity index (χ2n) is 20.9. The Bertz CT molecular complexity index is 2810. The van der Waals surface area contributed by atoms with Gasteiger partial charge in [-0.2, -0.15) is 5.10 Å². The minimum Gasteiger partial charge on any atom is -0.507 e. The third-order valence-corrected chi connectivity index (χ3v) is 15.7. The van der Waals surface area contributed by atoms with E-state index in [4.69, 9.17) is 5.73 Å². The fourth-order valence-corrected chi connectivity index (χ4v) is 11.3. The number of rotatable bonds is 14. The van der Waals surface area contributed by atoms with Gasteiger partial charge in [0.05, 0.1) is 34.1 Å². The van der Waals surface area contributed by atoms with E-state index in [0.29, 0.717) is 28.9 Å². The first-order chi connectivity index (χ1) is 34.2. The molecule has 3 fully saturated rings. The van der Waals surface area contributed by atoms with E-state index < -0.39 is 23.6 Å². The molecule has 0 bridgehead atoms. The van der Waals surface area contributed by atoms with Gasteiger partial charge in [0.1, 0.15) is 17.8 Å². The number of piperidine rings is 1. The van der Waals surface area contributed by atoms with Gasteiger partial charge in [-0.3, -0.25) is 24.0 Å². The third-order valence-electron chi connectivity index (χ3n) is 14.7. The van der Waals surface area contributed by atoms with E-state index in [1.807, 2.05) is 86.7 Å². The molecule has 9 rings (SSSR count). The predicted octanol–water partition coefficient (Wildman–Crippen LogP) is 7.72. The molecular weight excluding hydrogens is 913 g/mol. The first kappa shape index (κ1) is 49.5. The molecule has 2 aliphatic heterocycles. The number of anilines is 1. The van der Waals surface area contributed by atoms with Crippen LogP contribution in [0.5, 0.6) is 5.75 Å². The average molecular weight is 979 g/mol. The van der Waals surface area contributed by atoms with Gasteiger partial charge in [0.15, 0.2) is 5.82 Å². The fourth-order valence-electron chi connectivity index (χ4n) is 10.5. The number of carbonyl (C=O) groups excluding carboxylic acids is 3. The molecule has 15 nitrogen and oxygen atoms in total. The number of nitrogens with two attached hydrogens (primary N) is 1. The number of hydrogen-bond donors (Lipinski definition) is 5. The van der Waals surface area contributed by atoms with Gasteiger partial charge in [0.25, 0.3) is 0 Å². The van der Waals surface area contributed by atoms with Crippen LogP contribution in [0.4, 0.5) is 5.82 Å². The number of nitrogens with zero attached hydrogens (tertiary/aromatic N) is 7. The molecule has 3 amide bonds. The van der Waals surface area contributed by atoms with Gasteiger partial charge in [-0.25, -0.2) is 4.98 Å². The Morgan fingerprint density at radius 3 is 2.28 bits per heavy atom. The highest BCUT2D eigenvalue weighted by Gasteiger charge is 2.45. The number of benzene rings is 3. The third kappa shape index (κ3) is 11.7. The molecule has 71 heavy (non-hydrogen) atoms. The Balaban J connectivity index is 0.720. The number of carbonyl (C=O) groups is 3. The van der Waals surface area contributed by atoms with E-state index in [9.17, 15) is 24.6 Å². The monoisotopic (exact) mass is 978 g/mol. The number of phenols is 1. The summed E-state index contributed by atoms with van der Waals surface area (Å²) in [6, 6.07) is 24.2. The molecule has 3 aromatic carbocycles. The second kappa shape index (κ2) is 21.5. The van der Waals surface area contributed by atoms with E-state index in [0.717, 1.165) is 97.5 Å². The van der Waals surface area contributed by atoms with Gasteiger partial charge in [-0.15, -0.1) is 21.5 Å². The Morgan fingerprint density at radius 1 is 0.873 bits per heavy atom. The molecule has 0 spiro atoms. The normalized spacial score (nSPS) is 20.4. The van der Waals surface area contributed by atoms with E-state index in [2.05, 4.69) is 60.1 Å². The Hall–Kier alpha value is -6.49. The standard InChI is InChI=1S/C55H66N10O5S/c1-34-49(71-33-58-34)40-15-9-35(10-16-40)27-57-53(69)47-25-43(66)32-65(47)54(70)50(55(2,3)4)60-52(68)41-19-17-39(18-20-41)38-13-11-36(12-14-38)29-63-23-21-37(22-24-63)30-64-31-42(28-59-64)45-26-46(61-62-51(45)56)44-7-5-6-8-48(44)67/h5-16,26,28,31,33,37,39,41,43,47,50,66-67H,17-25,27,29-30,32H2,1-4H3,(H2,56,62)(H,57,69)(H,60,68)/t39-,41+,43-,47+,50-/m1/s1. The van der Waals surface area contributed by atoms with Crippen molar-refractivity contribution in [3.8, 4) is 38.6 Å². The highest BCUT2D eigenvalue weighted by Crippen LogP contribution is 2.38. The summed E-state index contributed by atoms with van der Waals surface area (Å²) in [5.41, 5.74) is 15.7. The lowest BCUT2D eigenvalue weighted by molar-refractivity contribution is -0.144. The number of aromatic hydroxyl groups is 1. The molecule has 3 aliphatic rings. The van der Waals surface area contributed by atoms with Crippen molar-refractivity contribution in [2.75, 3.05) is 25.4 Å². The number of hydrogen-bond acceptors (Lipinski definition) is 12. The summed E-state index contributed by atoms with van der Waals surface area (Å²) < 4.78 is 1.99. The van der Waals surface area contributed by atoms with E-state index >= 15 is 0 Å². The first-order valence-electron chi connectivity index (χ1n) is 25.0. The lowest BCUT2D eigenvalue weighted by atomic mass is 9.77. The number of β-amino-alcohol motifs (C(OH)–C–C–N with tert-alkyl or cyclic N) is 1. The number of aliphatic hydroxyl groups is 1. The van der Waals surface area contributed by atoms with Crippen LogP contribution >= 0.6 is 11.3 Å². The topological polar surface area (TPSA) is 205 Å². The van der Waals surface area contributed by atoms with Crippen molar-refractivity contribution in [2.45, 2.75) is 116 Å². The SMILES string of the molecule is Cc1ncsc1-c1ccc(CNC(=O)[C@@H]2C[C@@H](O)CN2C(=O)[C@@H](NC(=O)[C@H]2CC[C@@H](c3ccc(CN4CCC(Cn5cc(-c6cc(-c7ccccc7O)nnc6N)cn5)CC4)cc3)CC2)C(C)(C)C)cc1. The lowest BCUT2D eigenvalue weighted by Gasteiger charge is -2.37. The van der Waals surface area contributed by atoms with Gasteiger partial charge in [-0.1, -0.05) is 81.4 Å². The largest absolute Gasteiger partial charge is 0.507 e. The molecule has 16 heteroatoms. The maximum Gasteiger partial charge on any atom is 0.246 e. The molecule has 372 valence electrons. The highest BCUT2D eigenvalue weighted by atomic mass is 32.1. The summed E-state index contributed by atoms with van der Waals surface area (Å²) in [4.78, 5) is 51.2. The van der Waals surface area contributed by atoms with Crippen molar-refractivity contribution in [1.29, 1.82) is 0 Å². The zero-order valence-electron chi connectivity index (χ0n) is 41.1. The average Bonchev–Trinajstić information content (AvgIpc) is 4.13. The number of nitrogen functional groups attached to an aromatic ring is 1. The number of aryl methyl sites for hydroxylation is 1. The summed E-state index contributed by atoms with van der Waals surface area (Å²) >= 11 is 1.59. The van der Waals surface area contributed by atoms with Crippen LogP contribution in [0.1, 0.15) is 94.0 Å². The first-order valence-corrected chi connectivity index (χ1v) is 25.9. The maximum absolute atomic E-state index is 14.3. The summed E-state index contributed by atoms with van der Waals surface area (Å²) in [6.45, 7) is 11.8.